The van der Waals surface area contributed by atoms with E-state index < -0.39 is 0 Å². The molecule has 0 aliphatic carbocycles. The maximum Gasteiger partial charge on any atom is 0.156 e. The number of hydrogen-bond donors (Lipinski definition) is 0. The van der Waals surface area contributed by atoms with Crippen molar-refractivity contribution in [2.24, 2.45) is 0 Å². The topological polar surface area (TPSA) is 66.9 Å². The molecule has 0 spiro atoms. The molecule has 0 atom stereocenters. The van der Waals surface area contributed by atoms with E-state index in [-0.39, 0.29) is 0 Å². The molecule has 3 rings (SSSR count). The van der Waals surface area contributed by atoms with Gasteiger partial charge in [0, 0.05) is 17.8 Å². The van der Waals surface area contributed by atoms with Gasteiger partial charge in [0.15, 0.2) is 5.65 Å². The van der Waals surface area contributed by atoms with Gasteiger partial charge in [-0.15, -0.1) is 0 Å². The van der Waals surface area contributed by atoms with E-state index in [1.807, 2.05) is 24.4 Å². The monoisotopic (exact) mass is 223 g/mol. The minimum absolute atomic E-state index is 0.584. The average molecular weight is 223 g/mol. The summed E-state index contributed by atoms with van der Waals surface area (Å²) >= 11 is 0. The highest BCUT2D eigenvalue weighted by molar-refractivity contribution is 5.85. The Kier molecular flexibility index (Phi) is 1.86. The van der Waals surface area contributed by atoms with Crippen molar-refractivity contribution < 1.29 is 0 Å². The normalized spacial score (nSPS) is 10.9. The number of rotatable bonds is 0. The Hall–Kier alpha value is -2.48. The quantitative estimate of drug-likeness (QED) is 0.582. The summed E-state index contributed by atoms with van der Waals surface area (Å²) in [6, 6.07) is 2.20. The smallest absolute Gasteiger partial charge is 0.156 e. The van der Waals surface area contributed by atoms with Gasteiger partial charge in [-0.1, -0.05) is 0 Å². The fraction of sp³-hybridized carbons (Fsp3) is 0.167. The first kappa shape index (κ1) is 9.73. The molecule has 17 heavy (non-hydrogen) atoms. The third kappa shape index (κ3) is 1.21. The maximum atomic E-state index is 9.24. The summed E-state index contributed by atoms with van der Waals surface area (Å²) in [5.41, 5.74) is 3.77. The van der Waals surface area contributed by atoms with Crippen LogP contribution < -0.4 is 0 Å². The molecule has 0 amide bonds. The SMILES string of the molecule is Cc1cn2c(n1)c(C#N)c(C)c1cncnc12. The van der Waals surface area contributed by atoms with Crippen LogP contribution in [0.1, 0.15) is 16.8 Å². The minimum Gasteiger partial charge on any atom is -0.282 e. The van der Waals surface area contributed by atoms with E-state index in [2.05, 4.69) is 21.0 Å². The third-order valence-corrected chi connectivity index (χ3v) is 2.86. The van der Waals surface area contributed by atoms with Crippen molar-refractivity contribution in [1.82, 2.24) is 19.4 Å². The zero-order valence-electron chi connectivity index (χ0n) is 9.47. The summed E-state index contributed by atoms with van der Waals surface area (Å²) in [4.78, 5) is 12.6. The zero-order valence-corrected chi connectivity index (χ0v) is 9.47. The summed E-state index contributed by atoms with van der Waals surface area (Å²) in [5, 5.41) is 10.1. The van der Waals surface area contributed by atoms with E-state index in [9.17, 15) is 5.26 Å². The standard InChI is InChI=1S/C12H9N5/c1-7-5-17-11-10(4-14-6-15-11)8(2)9(3-13)12(17)16-7/h4-6H,1-2H3. The lowest BCUT2D eigenvalue weighted by molar-refractivity contribution is 1.12. The first-order chi connectivity index (χ1) is 8.22. The van der Waals surface area contributed by atoms with Crippen LogP contribution >= 0.6 is 0 Å². The van der Waals surface area contributed by atoms with Crippen molar-refractivity contribution in [3.05, 3.63) is 35.5 Å². The summed E-state index contributed by atoms with van der Waals surface area (Å²) in [6.45, 7) is 3.80. The summed E-state index contributed by atoms with van der Waals surface area (Å²) in [5.74, 6) is 0. The summed E-state index contributed by atoms with van der Waals surface area (Å²) in [7, 11) is 0. The summed E-state index contributed by atoms with van der Waals surface area (Å²) < 4.78 is 1.85. The van der Waals surface area contributed by atoms with E-state index >= 15 is 0 Å². The fourth-order valence-electron chi connectivity index (χ4n) is 2.05. The number of nitrogens with zero attached hydrogens (tertiary/aromatic N) is 5. The van der Waals surface area contributed by atoms with Crippen LogP contribution in [-0.4, -0.2) is 19.4 Å². The van der Waals surface area contributed by atoms with E-state index in [0.29, 0.717) is 11.2 Å². The van der Waals surface area contributed by atoms with Gasteiger partial charge >= 0.3 is 0 Å². The lowest BCUT2D eigenvalue weighted by atomic mass is 10.1. The van der Waals surface area contributed by atoms with Crippen molar-refractivity contribution in [3.63, 3.8) is 0 Å². The van der Waals surface area contributed by atoms with Gasteiger partial charge in [-0.05, 0) is 19.4 Å². The Morgan fingerprint density at radius 3 is 2.88 bits per heavy atom. The predicted molar refractivity (Wildman–Crippen MR) is 62.5 cm³/mol. The van der Waals surface area contributed by atoms with Crippen molar-refractivity contribution in [2.75, 3.05) is 0 Å². The van der Waals surface area contributed by atoms with Crippen LogP contribution in [0.4, 0.5) is 0 Å². The molecule has 0 fully saturated rings. The second kappa shape index (κ2) is 3.25. The number of fused-ring (bicyclic) bond motifs is 3. The summed E-state index contributed by atoms with van der Waals surface area (Å²) in [6.07, 6.45) is 5.11. The van der Waals surface area contributed by atoms with Gasteiger partial charge in [-0.2, -0.15) is 5.26 Å². The number of aromatic nitrogens is 4. The fourth-order valence-corrected chi connectivity index (χ4v) is 2.05. The number of aryl methyl sites for hydroxylation is 2. The Labute approximate surface area is 97.4 Å². The molecular formula is C12H9N5. The van der Waals surface area contributed by atoms with Crippen LogP contribution in [0, 0.1) is 25.2 Å². The van der Waals surface area contributed by atoms with Crippen molar-refractivity contribution in [3.8, 4) is 6.07 Å². The van der Waals surface area contributed by atoms with Gasteiger partial charge in [-0.25, -0.2) is 15.0 Å². The molecule has 3 heterocycles. The van der Waals surface area contributed by atoms with Crippen molar-refractivity contribution in [1.29, 1.82) is 5.26 Å². The van der Waals surface area contributed by atoms with Crippen molar-refractivity contribution in [2.45, 2.75) is 13.8 Å². The average Bonchev–Trinajstić information content (AvgIpc) is 2.72. The van der Waals surface area contributed by atoms with Crippen LogP contribution in [-0.2, 0) is 0 Å². The molecule has 0 bridgehead atoms. The lowest BCUT2D eigenvalue weighted by Crippen LogP contribution is -1.98. The predicted octanol–water partition coefficient (Wildman–Crippen LogP) is 1.77. The Bertz CT molecular complexity index is 779. The molecule has 0 N–H and O–H groups in total. The second-order valence-corrected chi connectivity index (χ2v) is 3.95. The van der Waals surface area contributed by atoms with Gasteiger partial charge in [0.25, 0.3) is 0 Å². The molecule has 0 aromatic carbocycles. The van der Waals surface area contributed by atoms with E-state index in [1.165, 1.54) is 6.33 Å². The van der Waals surface area contributed by atoms with Gasteiger partial charge in [-0.3, -0.25) is 4.40 Å². The molecule has 5 heteroatoms. The molecule has 0 aliphatic rings. The van der Waals surface area contributed by atoms with Gasteiger partial charge in [0.05, 0.1) is 11.3 Å². The largest absolute Gasteiger partial charge is 0.282 e. The Morgan fingerprint density at radius 1 is 1.29 bits per heavy atom. The molecule has 5 nitrogen and oxygen atoms in total. The first-order valence-electron chi connectivity index (χ1n) is 5.20. The van der Waals surface area contributed by atoms with E-state index in [0.717, 1.165) is 22.3 Å². The van der Waals surface area contributed by atoms with Crippen molar-refractivity contribution >= 4 is 16.7 Å². The molecule has 3 aromatic rings. The molecule has 0 aliphatic heterocycles. The Balaban J connectivity index is 2.69. The van der Waals surface area contributed by atoms with Crippen LogP contribution in [0.3, 0.4) is 0 Å². The highest BCUT2D eigenvalue weighted by atomic mass is 15.1. The first-order valence-corrected chi connectivity index (χ1v) is 5.20. The van der Waals surface area contributed by atoms with Crippen LogP contribution in [0.25, 0.3) is 16.7 Å². The second-order valence-electron chi connectivity index (χ2n) is 3.95. The van der Waals surface area contributed by atoms with Gasteiger partial charge in [0.2, 0.25) is 0 Å². The van der Waals surface area contributed by atoms with Gasteiger partial charge < -0.3 is 0 Å². The molecule has 0 unspecified atom stereocenters. The zero-order chi connectivity index (χ0) is 12.0. The van der Waals surface area contributed by atoms with Gasteiger partial charge in [0.1, 0.15) is 18.0 Å². The van der Waals surface area contributed by atoms with Crippen LogP contribution in [0.2, 0.25) is 0 Å². The van der Waals surface area contributed by atoms with Crippen LogP contribution in [0.15, 0.2) is 18.7 Å². The molecule has 3 aromatic heterocycles. The number of hydrogen-bond acceptors (Lipinski definition) is 4. The number of imidazole rings is 1. The van der Waals surface area contributed by atoms with Crippen LogP contribution in [0.5, 0.6) is 0 Å². The lowest BCUT2D eigenvalue weighted by Gasteiger charge is -2.05. The number of nitriles is 1. The highest BCUT2D eigenvalue weighted by Gasteiger charge is 2.13. The molecular weight excluding hydrogens is 214 g/mol. The molecule has 82 valence electrons. The molecule has 0 saturated heterocycles. The molecule has 0 saturated carbocycles. The molecule has 0 radical (unpaired) electrons. The number of pyridine rings is 1. The minimum atomic E-state index is 0.584. The van der Waals surface area contributed by atoms with E-state index in [1.54, 1.807) is 6.20 Å². The maximum absolute atomic E-state index is 9.24. The van der Waals surface area contributed by atoms with E-state index in [4.69, 9.17) is 0 Å². The third-order valence-electron chi connectivity index (χ3n) is 2.86. The Morgan fingerprint density at radius 2 is 2.12 bits per heavy atom. The highest BCUT2D eigenvalue weighted by Crippen LogP contribution is 2.23.